The van der Waals surface area contributed by atoms with Gasteiger partial charge in [0, 0.05) is 11.5 Å². The summed E-state index contributed by atoms with van der Waals surface area (Å²) in [6, 6.07) is 0.278. The lowest BCUT2D eigenvalue weighted by Gasteiger charge is -2.36. The summed E-state index contributed by atoms with van der Waals surface area (Å²) in [5, 5.41) is 0. The minimum absolute atomic E-state index is 0.106. The molecule has 1 nitrogen and oxygen atoms in total. The van der Waals surface area contributed by atoms with Crippen molar-refractivity contribution in [1.29, 1.82) is 0 Å². The van der Waals surface area contributed by atoms with E-state index in [0.29, 0.717) is 0 Å². The summed E-state index contributed by atoms with van der Waals surface area (Å²) in [7, 11) is 0. The Morgan fingerprint density at radius 1 is 0.683 bits per heavy atom. The normalized spacial score (nSPS) is 23.1. The molecule has 1 heteroatoms. The molecule has 2 aliphatic rings. The molecule has 0 heterocycles. The Morgan fingerprint density at radius 3 is 1.63 bits per heavy atom. The van der Waals surface area contributed by atoms with Crippen molar-refractivity contribution in [2.45, 2.75) is 94.5 Å². The minimum atomic E-state index is 0.106. The highest BCUT2D eigenvalue weighted by atomic mass is 14.6. The zero-order chi connectivity index (χ0) is 30.6. The van der Waals surface area contributed by atoms with Gasteiger partial charge in [-0.2, -0.15) is 0 Å². The van der Waals surface area contributed by atoms with Gasteiger partial charge in [0.25, 0.3) is 0 Å². The van der Waals surface area contributed by atoms with Crippen LogP contribution in [0.1, 0.15) is 88.5 Å². The molecule has 1 atom stereocenters. The largest absolute Gasteiger partial charge is 0.327 e. The zero-order valence-electron chi connectivity index (χ0n) is 27.5. The van der Waals surface area contributed by atoms with E-state index in [-0.39, 0.29) is 16.9 Å². The maximum atomic E-state index is 6.24. The van der Waals surface area contributed by atoms with Gasteiger partial charge in [0.2, 0.25) is 0 Å². The van der Waals surface area contributed by atoms with Crippen LogP contribution in [0.5, 0.6) is 0 Å². The molecular weight excluding hydrogens is 494 g/mol. The van der Waals surface area contributed by atoms with Crippen molar-refractivity contribution in [1.82, 2.24) is 0 Å². The molecule has 220 valence electrons. The van der Waals surface area contributed by atoms with Gasteiger partial charge in [-0.05, 0) is 77.4 Å². The van der Waals surface area contributed by atoms with Crippen molar-refractivity contribution in [2.24, 2.45) is 16.6 Å². The van der Waals surface area contributed by atoms with Crippen LogP contribution >= 0.6 is 0 Å². The Labute approximate surface area is 252 Å². The van der Waals surface area contributed by atoms with Crippen LogP contribution in [0.2, 0.25) is 0 Å². The van der Waals surface area contributed by atoms with Crippen LogP contribution in [0, 0.1) is 10.8 Å². The summed E-state index contributed by atoms with van der Waals surface area (Å²) in [4.78, 5) is 0. The lowest BCUT2D eigenvalue weighted by molar-refractivity contribution is 0.344. The van der Waals surface area contributed by atoms with Crippen LogP contribution in [-0.4, -0.2) is 6.04 Å². The molecule has 0 fully saturated rings. The van der Waals surface area contributed by atoms with Gasteiger partial charge in [-0.15, -0.1) is 0 Å². The van der Waals surface area contributed by atoms with Crippen LogP contribution in [0.4, 0.5) is 0 Å². The Kier molecular flexibility index (Phi) is 13.1. The molecule has 41 heavy (non-hydrogen) atoms. The van der Waals surface area contributed by atoms with Gasteiger partial charge in [-0.3, -0.25) is 0 Å². The quantitative estimate of drug-likeness (QED) is 0.213. The third-order valence-electron chi connectivity index (χ3n) is 7.93. The van der Waals surface area contributed by atoms with Gasteiger partial charge < -0.3 is 5.73 Å². The molecule has 0 saturated carbocycles. The molecule has 0 aromatic heterocycles. The first-order chi connectivity index (χ1) is 19.2. The van der Waals surface area contributed by atoms with E-state index in [2.05, 4.69) is 166 Å². The van der Waals surface area contributed by atoms with Crippen molar-refractivity contribution in [3.05, 3.63) is 142 Å². The molecule has 2 N–H and O–H groups in total. The van der Waals surface area contributed by atoms with Gasteiger partial charge in [0.05, 0.1) is 0 Å². The highest BCUT2D eigenvalue weighted by molar-refractivity contribution is 5.41. The van der Waals surface area contributed by atoms with E-state index in [1.54, 1.807) is 0 Å². The average Bonchev–Trinajstić information content (AvgIpc) is 2.84. The van der Waals surface area contributed by atoms with Crippen LogP contribution < -0.4 is 5.73 Å². The third kappa shape index (κ3) is 11.7. The molecule has 0 aliphatic heterocycles. The molecule has 0 aromatic carbocycles. The SMILES string of the molecule is CC1=C(/C=C/C(C)=C/C=C/C(C)=C/C=C/C=C(C)/C=C/C=C(C)/C=C/C2=C(C)C[C@H](N)CC2(C)C)C(C)(C)C=CC1. The number of rotatable bonds is 10. The number of allylic oxidation sites excluding steroid dienone is 23. The molecular formula is C40H55N. The Bertz CT molecular complexity index is 1300. The average molecular weight is 550 g/mol. The second-order valence-electron chi connectivity index (χ2n) is 13.2. The first-order valence-electron chi connectivity index (χ1n) is 15.1. The van der Waals surface area contributed by atoms with Crippen molar-refractivity contribution in [2.75, 3.05) is 0 Å². The molecule has 0 saturated heterocycles. The number of hydrogen-bond donors (Lipinski definition) is 1. The van der Waals surface area contributed by atoms with Crippen LogP contribution in [0.3, 0.4) is 0 Å². The Hall–Kier alpha value is -3.16. The minimum Gasteiger partial charge on any atom is -0.327 e. The monoisotopic (exact) mass is 549 g/mol. The highest BCUT2D eigenvalue weighted by Crippen LogP contribution is 2.40. The van der Waals surface area contributed by atoms with E-state index in [4.69, 9.17) is 5.73 Å². The Balaban J connectivity index is 1.90. The predicted octanol–water partition coefficient (Wildman–Crippen LogP) is 11.3. The second kappa shape index (κ2) is 15.7. The van der Waals surface area contributed by atoms with Crippen molar-refractivity contribution in [3.63, 3.8) is 0 Å². The Morgan fingerprint density at radius 2 is 1.15 bits per heavy atom. The maximum Gasteiger partial charge on any atom is 0.00844 e. The number of nitrogens with two attached hydrogens (primary N) is 1. The fourth-order valence-corrected chi connectivity index (χ4v) is 5.69. The van der Waals surface area contributed by atoms with Gasteiger partial charge in [0.15, 0.2) is 0 Å². The third-order valence-corrected chi connectivity index (χ3v) is 7.93. The lowest BCUT2D eigenvalue weighted by atomic mass is 9.71. The van der Waals surface area contributed by atoms with Gasteiger partial charge in [-0.1, -0.05) is 158 Å². The summed E-state index contributed by atoms with van der Waals surface area (Å²) >= 11 is 0. The fourth-order valence-electron chi connectivity index (χ4n) is 5.69. The predicted molar refractivity (Wildman–Crippen MR) is 185 cm³/mol. The summed E-state index contributed by atoms with van der Waals surface area (Å²) in [5.74, 6) is 0. The zero-order valence-corrected chi connectivity index (χ0v) is 27.5. The van der Waals surface area contributed by atoms with Gasteiger partial charge in [0.1, 0.15) is 0 Å². The van der Waals surface area contributed by atoms with E-state index in [9.17, 15) is 0 Å². The second-order valence-corrected chi connectivity index (χ2v) is 13.2. The first-order valence-corrected chi connectivity index (χ1v) is 15.1. The highest BCUT2D eigenvalue weighted by Gasteiger charge is 2.30. The van der Waals surface area contributed by atoms with Crippen molar-refractivity contribution >= 4 is 0 Å². The van der Waals surface area contributed by atoms with Crippen molar-refractivity contribution < 1.29 is 0 Å². The molecule has 0 aromatic rings. The standard InChI is InChI=1S/C40H55N/c1-30(18-13-20-32(3)23-25-37-34(5)22-15-27-39(37,7)8)16-11-12-17-31(2)19-14-21-33(4)24-26-38-35(6)28-36(41)29-40(38,9)10/h11-21,23-27,36H,22,28-29,41H2,1-10H3/b12-11+,18-13+,19-14+,25-23+,26-24+,30-16+,31-17+,32-20+,33-21+/t36-/m0/s1. The summed E-state index contributed by atoms with van der Waals surface area (Å²) < 4.78 is 0. The smallest absolute Gasteiger partial charge is 0.00844 e. The summed E-state index contributed by atoms with van der Waals surface area (Å²) in [5.41, 5.74) is 17.1. The lowest BCUT2D eigenvalue weighted by Crippen LogP contribution is -2.33. The van der Waals surface area contributed by atoms with Gasteiger partial charge >= 0.3 is 0 Å². The van der Waals surface area contributed by atoms with Gasteiger partial charge in [-0.25, -0.2) is 0 Å². The maximum absolute atomic E-state index is 6.24. The van der Waals surface area contributed by atoms with Crippen LogP contribution in [-0.2, 0) is 0 Å². The fraction of sp³-hybridized carbons (Fsp3) is 0.400. The van der Waals surface area contributed by atoms with Crippen LogP contribution in [0.15, 0.2) is 142 Å². The van der Waals surface area contributed by atoms with E-state index in [1.807, 2.05) is 0 Å². The van der Waals surface area contributed by atoms with Crippen LogP contribution in [0.25, 0.3) is 0 Å². The van der Waals surface area contributed by atoms with Crippen molar-refractivity contribution in [3.8, 4) is 0 Å². The topological polar surface area (TPSA) is 26.0 Å². The molecule has 0 radical (unpaired) electrons. The molecule has 0 unspecified atom stereocenters. The summed E-state index contributed by atoms with van der Waals surface area (Å²) in [6.07, 6.45) is 38.1. The molecule has 0 spiro atoms. The molecule has 2 rings (SSSR count). The number of hydrogen-bond acceptors (Lipinski definition) is 1. The van der Waals surface area contributed by atoms with E-state index < -0.39 is 0 Å². The van der Waals surface area contributed by atoms with E-state index in [0.717, 1.165) is 19.3 Å². The van der Waals surface area contributed by atoms with E-state index >= 15 is 0 Å². The molecule has 2 aliphatic carbocycles. The van der Waals surface area contributed by atoms with E-state index in [1.165, 1.54) is 44.6 Å². The molecule has 0 bridgehead atoms. The molecule has 0 amide bonds. The first kappa shape index (κ1) is 34.0. The summed E-state index contributed by atoms with van der Waals surface area (Å²) in [6.45, 7) is 22.2.